The van der Waals surface area contributed by atoms with Crippen molar-refractivity contribution in [2.24, 2.45) is 11.8 Å². The molecule has 0 unspecified atom stereocenters. The molecule has 27 heavy (non-hydrogen) atoms. The summed E-state index contributed by atoms with van der Waals surface area (Å²) in [5, 5.41) is 0. The Kier molecular flexibility index (Phi) is 3.58. The number of ketones is 1. The van der Waals surface area contributed by atoms with Crippen LogP contribution < -0.4 is 4.90 Å². The molecule has 0 aromatic heterocycles. The third-order valence-electron chi connectivity index (χ3n) is 5.82. The summed E-state index contributed by atoms with van der Waals surface area (Å²) in [5.74, 6) is -1.69. The number of carbonyl (C=O) groups is 3. The Balaban J connectivity index is 1.53. The summed E-state index contributed by atoms with van der Waals surface area (Å²) < 4.78 is 0. The monoisotopic (exact) mass is 358 g/mol. The molecular weight excluding hydrogens is 340 g/mol. The zero-order valence-corrected chi connectivity index (χ0v) is 14.6. The molecular formula is C22H18N2O3. The lowest BCUT2D eigenvalue weighted by Crippen LogP contribution is -2.48. The molecule has 2 saturated heterocycles. The van der Waals surface area contributed by atoms with Crippen LogP contribution in [0.2, 0.25) is 0 Å². The summed E-state index contributed by atoms with van der Waals surface area (Å²) in [7, 11) is 0. The van der Waals surface area contributed by atoms with Crippen molar-refractivity contribution in [2.75, 3.05) is 4.90 Å². The summed E-state index contributed by atoms with van der Waals surface area (Å²) in [4.78, 5) is 42.3. The maximum Gasteiger partial charge on any atom is 0.239 e. The molecule has 0 aliphatic carbocycles. The predicted molar refractivity (Wildman–Crippen MR) is 99.6 cm³/mol. The molecule has 2 aromatic carbocycles. The average molecular weight is 358 g/mol. The van der Waals surface area contributed by atoms with Gasteiger partial charge in [-0.2, -0.15) is 0 Å². The van der Waals surface area contributed by atoms with Gasteiger partial charge in [0.15, 0.2) is 5.78 Å². The zero-order valence-electron chi connectivity index (χ0n) is 14.6. The van der Waals surface area contributed by atoms with E-state index < -0.39 is 17.9 Å². The van der Waals surface area contributed by atoms with Crippen LogP contribution in [0.5, 0.6) is 0 Å². The fraction of sp³-hybridized carbons (Fsp3) is 0.227. The number of hydrogen-bond acceptors (Lipinski definition) is 4. The van der Waals surface area contributed by atoms with Crippen LogP contribution >= 0.6 is 0 Å². The van der Waals surface area contributed by atoms with Crippen molar-refractivity contribution < 1.29 is 14.4 Å². The molecule has 0 saturated carbocycles. The Morgan fingerprint density at radius 2 is 1.41 bits per heavy atom. The van der Waals surface area contributed by atoms with Crippen molar-refractivity contribution in [2.45, 2.75) is 18.6 Å². The van der Waals surface area contributed by atoms with Gasteiger partial charge in [-0.25, -0.2) is 4.90 Å². The number of nitrogens with zero attached hydrogens (tertiary/aromatic N) is 2. The Hall–Kier alpha value is -3.05. The molecule has 3 aliphatic heterocycles. The van der Waals surface area contributed by atoms with Gasteiger partial charge in [0.25, 0.3) is 0 Å². The molecule has 3 aliphatic rings. The Labute approximate surface area is 156 Å². The molecule has 0 spiro atoms. The number of benzene rings is 2. The van der Waals surface area contributed by atoms with E-state index in [1.54, 1.807) is 36.4 Å². The number of rotatable bonds is 3. The minimum Gasteiger partial charge on any atom is -0.293 e. The van der Waals surface area contributed by atoms with Crippen molar-refractivity contribution >= 4 is 23.3 Å². The van der Waals surface area contributed by atoms with Crippen molar-refractivity contribution in [3.8, 4) is 0 Å². The van der Waals surface area contributed by atoms with Gasteiger partial charge >= 0.3 is 0 Å². The lowest BCUT2D eigenvalue weighted by Gasteiger charge is -2.33. The zero-order chi connectivity index (χ0) is 18.5. The lowest BCUT2D eigenvalue weighted by atomic mass is 9.90. The van der Waals surface area contributed by atoms with E-state index in [0.29, 0.717) is 12.2 Å². The van der Waals surface area contributed by atoms with Gasteiger partial charge in [0.05, 0.1) is 23.6 Å². The highest BCUT2D eigenvalue weighted by Crippen LogP contribution is 2.47. The molecule has 3 heterocycles. The van der Waals surface area contributed by atoms with Crippen molar-refractivity contribution in [1.29, 1.82) is 0 Å². The van der Waals surface area contributed by atoms with Gasteiger partial charge in [-0.05, 0) is 23.8 Å². The minimum atomic E-state index is -0.617. The summed E-state index contributed by atoms with van der Waals surface area (Å²) in [5.41, 5.74) is 1.64. The van der Waals surface area contributed by atoms with Crippen LogP contribution in [0.4, 0.5) is 5.69 Å². The topological polar surface area (TPSA) is 57.7 Å². The van der Waals surface area contributed by atoms with E-state index in [2.05, 4.69) is 0 Å². The molecule has 2 amide bonds. The van der Waals surface area contributed by atoms with E-state index in [0.717, 1.165) is 5.56 Å². The number of amides is 2. The molecule has 2 fully saturated rings. The molecule has 5 heteroatoms. The molecule has 134 valence electrons. The molecule has 5 rings (SSSR count). The first kappa shape index (κ1) is 16.1. The number of imide groups is 1. The number of fused-ring (bicyclic) bond motifs is 5. The van der Waals surface area contributed by atoms with Gasteiger partial charge in [0, 0.05) is 12.6 Å². The van der Waals surface area contributed by atoms with Crippen molar-refractivity contribution in [1.82, 2.24) is 4.90 Å². The molecule has 5 nitrogen and oxygen atoms in total. The highest BCUT2D eigenvalue weighted by Gasteiger charge is 2.64. The fourth-order valence-electron chi connectivity index (χ4n) is 4.69. The Morgan fingerprint density at radius 3 is 2.11 bits per heavy atom. The van der Waals surface area contributed by atoms with E-state index >= 15 is 0 Å². The Bertz CT molecular complexity index is 952. The van der Waals surface area contributed by atoms with Gasteiger partial charge in [0.1, 0.15) is 0 Å². The lowest BCUT2D eigenvalue weighted by molar-refractivity contribution is -0.129. The second kappa shape index (κ2) is 5.99. The maximum absolute atomic E-state index is 13.2. The quantitative estimate of drug-likeness (QED) is 0.789. The van der Waals surface area contributed by atoms with Crippen LogP contribution in [-0.2, 0) is 20.9 Å². The average Bonchev–Trinajstić information content (AvgIpc) is 3.07. The first-order chi connectivity index (χ1) is 13.2. The highest BCUT2D eigenvalue weighted by atomic mass is 16.2. The minimum absolute atomic E-state index is 0.0919. The van der Waals surface area contributed by atoms with E-state index in [4.69, 9.17) is 0 Å². The van der Waals surface area contributed by atoms with Gasteiger partial charge < -0.3 is 0 Å². The van der Waals surface area contributed by atoms with Gasteiger partial charge in [-0.3, -0.25) is 19.3 Å². The van der Waals surface area contributed by atoms with E-state index in [9.17, 15) is 14.4 Å². The standard InChI is InChI=1S/C22H18N2O3/c25-17-12-11-16-18-19(20(17)23(16)13-14-7-3-1-4-8-14)22(27)24(21(18)26)15-9-5-2-6-10-15/h1-12,16,18-20H,13H2/t16-,18-,19+,20-/m1/s1. The maximum atomic E-state index is 13.2. The van der Waals surface area contributed by atoms with Gasteiger partial charge in [-0.15, -0.1) is 0 Å². The largest absolute Gasteiger partial charge is 0.293 e. The van der Waals surface area contributed by atoms with Crippen LogP contribution in [-0.4, -0.2) is 34.6 Å². The second-order valence-corrected chi connectivity index (χ2v) is 7.25. The molecule has 0 N–H and O–H groups in total. The Morgan fingerprint density at radius 1 is 0.778 bits per heavy atom. The van der Waals surface area contributed by atoms with Gasteiger partial charge in [0.2, 0.25) is 11.8 Å². The summed E-state index contributed by atoms with van der Waals surface area (Å²) in [6, 6.07) is 18.0. The second-order valence-electron chi connectivity index (χ2n) is 7.25. The predicted octanol–water partition coefficient (Wildman–Crippen LogP) is 2.18. The first-order valence-electron chi connectivity index (χ1n) is 9.11. The van der Waals surface area contributed by atoms with Crippen LogP contribution in [0.25, 0.3) is 0 Å². The van der Waals surface area contributed by atoms with Crippen LogP contribution in [0.15, 0.2) is 72.8 Å². The number of carbonyl (C=O) groups excluding carboxylic acids is 3. The van der Waals surface area contributed by atoms with Crippen molar-refractivity contribution in [3.63, 3.8) is 0 Å². The molecule has 2 aromatic rings. The van der Waals surface area contributed by atoms with Crippen molar-refractivity contribution in [3.05, 3.63) is 78.4 Å². The SMILES string of the molecule is O=C1C=C[C@@H]2[C@H]3C(=O)N(c4ccccc4)C(=O)[C@@H]3[C@@H]1N2Cc1ccccc1. The molecule has 4 atom stereocenters. The summed E-state index contributed by atoms with van der Waals surface area (Å²) in [6.45, 7) is 0.547. The molecule has 0 radical (unpaired) electrons. The third-order valence-corrected chi connectivity index (χ3v) is 5.82. The van der Waals surface area contributed by atoms with Crippen LogP contribution in [0, 0.1) is 11.8 Å². The van der Waals surface area contributed by atoms with Crippen LogP contribution in [0.3, 0.4) is 0 Å². The van der Waals surface area contributed by atoms with Gasteiger partial charge in [-0.1, -0.05) is 54.6 Å². The number of anilines is 1. The summed E-state index contributed by atoms with van der Waals surface area (Å²) >= 11 is 0. The number of hydrogen-bond donors (Lipinski definition) is 0. The van der Waals surface area contributed by atoms with E-state index in [1.807, 2.05) is 41.3 Å². The molecule has 2 bridgehead atoms. The van der Waals surface area contributed by atoms with E-state index in [-0.39, 0.29) is 23.6 Å². The third kappa shape index (κ3) is 2.32. The number of para-hydroxylation sites is 1. The van der Waals surface area contributed by atoms with Crippen LogP contribution in [0.1, 0.15) is 5.56 Å². The van der Waals surface area contributed by atoms with E-state index in [1.165, 1.54) is 4.90 Å². The summed E-state index contributed by atoms with van der Waals surface area (Å²) in [6.07, 6.45) is 3.34. The first-order valence-corrected chi connectivity index (χ1v) is 9.11. The fourth-order valence-corrected chi connectivity index (χ4v) is 4.69. The normalized spacial score (nSPS) is 29.5. The smallest absolute Gasteiger partial charge is 0.239 e. The highest BCUT2D eigenvalue weighted by molar-refractivity contribution is 6.24.